The van der Waals surface area contributed by atoms with Crippen molar-refractivity contribution in [3.8, 4) is 0 Å². The van der Waals surface area contributed by atoms with Gasteiger partial charge in [0.25, 0.3) is 5.91 Å². The van der Waals surface area contributed by atoms with Crippen LogP contribution in [0.3, 0.4) is 0 Å². The third-order valence-corrected chi connectivity index (χ3v) is 3.93. The van der Waals surface area contributed by atoms with E-state index < -0.39 is 0 Å². The maximum Gasteiger partial charge on any atom is 0.253 e. The minimum absolute atomic E-state index is 0.0145. The number of nitrogens with zero attached hydrogens (tertiary/aromatic N) is 1. The second kappa shape index (κ2) is 7.20. The van der Waals surface area contributed by atoms with E-state index in [1.54, 1.807) is 29.2 Å². The van der Waals surface area contributed by atoms with Gasteiger partial charge in [0.15, 0.2) is 5.78 Å². The fourth-order valence-corrected chi connectivity index (χ4v) is 2.64. The van der Waals surface area contributed by atoms with Gasteiger partial charge < -0.3 is 10.2 Å². The third kappa shape index (κ3) is 3.93. The van der Waals surface area contributed by atoms with Gasteiger partial charge in [-0.25, -0.2) is 0 Å². The van der Waals surface area contributed by atoms with Gasteiger partial charge in [-0.2, -0.15) is 0 Å². The first-order chi connectivity index (χ1) is 10.5. The number of hydrogen-bond acceptors (Lipinski definition) is 3. The summed E-state index contributed by atoms with van der Waals surface area (Å²) in [7, 11) is 0. The van der Waals surface area contributed by atoms with Gasteiger partial charge in [-0.15, -0.1) is 0 Å². The highest BCUT2D eigenvalue weighted by atomic mass is 16.2. The lowest BCUT2D eigenvalue weighted by molar-refractivity contribution is -0.121. The average molecular weight is 302 g/mol. The Hall–Kier alpha value is -2.17. The highest BCUT2D eigenvalue weighted by Crippen LogP contribution is 2.15. The van der Waals surface area contributed by atoms with Gasteiger partial charge in [0, 0.05) is 36.7 Å². The zero-order valence-corrected chi connectivity index (χ0v) is 13.1. The number of benzene rings is 1. The number of piperidine rings is 1. The number of nitrogens with one attached hydrogen (secondary N) is 1. The molecule has 1 N–H and O–H groups in total. The Morgan fingerprint density at radius 3 is 2.41 bits per heavy atom. The first-order valence-electron chi connectivity index (χ1n) is 7.71. The van der Waals surface area contributed by atoms with Crippen LogP contribution in [0.5, 0.6) is 0 Å². The Labute approximate surface area is 130 Å². The zero-order valence-electron chi connectivity index (χ0n) is 13.1. The monoisotopic (exact) mass is 302 g/mol. The second-order valence-corrected chi connectivity index (χ2v) is 5.64. The summed E-state index contributed by atoms with van der Waals surface area (Å²) in [4.78, 5) is 37.0. The van der Waals surface area contributed by atoms with Crippen LogP contribution in [0, 0.1) is 0 Å². The van der Waals surface area contributed by atoms with Crippen LogP contribution in [0.25, 0.3) is 0 Å². The Morgan fingerprint density at radius 2 is 1.82 bits per heavy atom. The van der Waals surface area contributed by atoms with Crippen LogP contribution in [-0.2, 0) is 4.79 Å². The topological polar surface area (TPSA) is 66.5 Å². The van der Waals surface area contributed by atoms with Gasteiger partial charge in [0.1, 0.15) is 0 Å². The molecule has 22 heavy (non-hydrogen) atoms. The second-order valence-electron chi connectivity index (χ2n) is 5.64. The molecule has 0 saturated carbocycles. The number of hydrogen-bond donors (Lipinski definition) is 1. The van der Waals surface area contributed by atoms with Crippen LogP contribution >= 0.6 is 0 Å². The smallest absolute Gasteiger partial charge is 0.253 e. The average Bonchev–Trinajstić information content (AvgIpc) is 2.54. The van der Waals surface area contributed by atoms with E-state index in [-0.39, 0.29) is 23.6 Å². The molecule has 5 nitrogen and oxygen atoms in total. The van der Waals surface area contributed by atoms with Crippen LogP contribution in [0.4, 0.5) is 0 Å². The van der Waals surface area contributed by atoms with Gasteiger partial charge in [0.2, 0.25) is 5.91 Å². The number of ketones is 1. The molecule has 1 atom stereocenters. The highest BCUT2D eigenvalue weighted by molar-refractivity contribution is 5.97. The molecule has 0 aliphatic carbocycles. The van der Waals surface area contributed by atoms with Crippen molar-refractivity contribution in [3.63, 3.8) is 0 Å². The standard InChI is InChI=1S/C17H22N2O3/c1-3-16(21)18-15-5-4-10-19(11-15)17(22)14-8-6-13(7-9-14)12(2)20/h6-9,15H,3-5,10-11H2,1-2H3,(H,18,21). The van der Waals surface area contributed by atoms with Crippen molar-refractivity contribution in [1.82, 2.24) is 10.2 Å². The predicted molar refractivity (Wildman–Crippen MR) is 83.8 cm³/mol. The van der Waals surface area contributed by atoms with Crippen LogP contribution in [0.2, 0.25) is 0 Å². The van der Waals surface area contributed by atoms with Crippen molar-refractivity contribution in [2.75, 3.05) is 13.1 Å². The predicted octanol–water partition coefficient (Wildman–Crippen LogP) is 2.02. The van der Waals surface area contributed by atoms with Gasteiger partial charge >= 0.3 is 0 Å². The summed E-state index contributed by atoms with van der Waals surface area (Å²) < 4.78 is 0. The van der Waals surface area contributed by atoms with Gasteiger partial charge in [-0.1, -0.05) is 19.1 Å². The molecule has 5 heteroatoms. The zero-order chi connectivity index (χ0) is 16.1. The molecule has 0 spiro atoms. The van der Waals surface area contributed by atoms with Crippen LogP contribution in [-0.4, -0.2) is 41.6 Å². The van der Waals surface area contributed by atoms with Crippen molar-refractivity contribution in [2.24, 2.45) is 0 Å². The molecule has 1 aliphatic rings. The van der Waals surface area contributed by atoms with E-state index >= 15 is 0 Å². The molecule has 118 valence electrons. The molecule has 1 heterocycles. The van der Waals surface area contributed by atoms with Crippen molar-refractivity contribution >= 4 is 17.6 Å². The summed E-state index contributed by atoms with van der Waals surface area (Å²) in [6.45, 7) is 4.56. The molecule has 0 aromatic heterocycles. The molecule has 0 bridgehead atoms. The van der Waals surface area contributed by atoms with Gasteiger partial charge in [-0.3, -0.25) is 14.4 Å². The van der Waals surface area contributed by atoms with E-state index in [0.717, 1.165) is 12.8 Å². The number of likely N-dealkylation sites (tertiary alicyclic amines) is 1. The number of amides is 2. The highest BCUT2D eigenvalue weighted by Gasteiger charge is 2.25. The minimum Gasteiger partial charge on any atom is -0.352 e. The van der Waals surface area contributed by atoms with E-state index in [1.165, 1.54) is 6.92 Å². The van der Waals surface area contributed by atoms with Crippen LogP contribution in [0.1, 0.15) is 53.8 Å². The number of rotatable bonds is 4. The Balaban J connectivity index is 2.02. The lowest BCUT2D eigenvalue weighted by atomic mass is 10.0. The SMILES string of the molecule is CCC(=O)NC1CCCN(C(=O)c2ccc(C(C)=O)cc2)C1. The fourth-order valence-electron chi connectivity index (χ4n) is 2.64. The molecular weight excluding hydrogens is 280 g/mol. The summed E-state index contributed by atoms with van der Waals surface area (Å²) in [5, 5.41) is 2.95. The number of carbonyl (C=O) groups excluding carboxylic acids is 3. The van der Waals surface area contributed by atoms with Crippen molar-refractivity contribution in [1.29, 1.82) is 0 Å². The first-order valence-corrected chi connectivity index (χ1v) is 7.71. The number of Topliss-reactive ketones (excluding diaryl/α,β-unsaturated/α-hetero) is 1. The molecule has 1 saturated heterocycles. The fraction of sp³-hybridized carbons (Fsp3) is 0.471. The number of carbonyl (C=O) groups is 3. The molecule has 1 aromatic carbocycles. The minimum atomic E-state index is -0.0504. The summed E-state index contributed by atoms with van der Waals surface area (Å²) >= 11 is 0. The lowest BCUT2D eigenvalue weighted by Crippen LogP contribution is -2.49. The van der Waals surface area contributed by atoms with E-state index in [1.807, 2.05) is 6.92 Å². The van der Waals surface area contributed by atoms with E-state index in [4.69, 9.17) is 0 Å². The molecule has 1 fully saturated rings. The Kier molecular flexibility index (Phi) is 5.31. The third-order valence-electron chi connectivity index (χ3n) is 3.93. The summed E-state index contributed by atoms with van der Waals surface area (Å²) in [6, 6.07) is 6.76. The summed E-state index contributed by atoms with van der Waals surface area (Å²) in [6.07, 6.45) is 2.24. The lowest BCUT2D eigenvalue weighted by Gasteiger charge is -2.33. The maximum atomic E-state index is 12.5. The van der Waals surface area contributed by atoms with Crippen molar-refractivity contribution in [2.45, 2.75) is 39.2 Å². The summed E-state index contributed by atoms with van der Waals surface area (Å²) in [5.74, 6) is -0.0463. The first kappa shape index (κ1) is 16.2. The molecular formula is C17H22N2O3. The van der Waals surface area contributed by atoms with Gasteiger partial charge in [0.05, 0.1) is 0 Å². The normalized spacial score (nSPS) is 17.9. The molecule has 1 aromatic rings. The van der Waals surface area contributed by atoms with E-state index in [9.17, 15) is 14.4 Å². The Bertz CT molecular complexity index is 566. The van der Waals surface area contributed by atoms with E-state index in [0.29, 0.717) is 30.6 Å². The molecule has 1 unspecified atom stereocenters. The quantitative estimate of drug-likeness (QED) is 0.865. The Morgan fingerprint density at radius 1 is 1.18 bits per heavy atom. The summed E-state index contributed by atoms with van der Waals surface area (Å²) in [5.41, 5.74) is 1.18. The maximum absolute atomic E-state index is 12.5. The van der Waals surface area contributed by atoms with Crippen molar-refractivity contribution in [3.05, 3.63) is 35.4 Å². The largest absolute Gasteiger partial charge is 0.352 e. The van der Waals surface area contributed by atoms with Gasteiger partial charge in [-0.05, 0) is 31.9 Å². The molecule has 2 amide bonds. The molecule has 1 aliphatic heterocycles. The van der Waals surface area contributed by atoms with Crippen molar-refractivity contribution < 1.29 is 14.4 Å². The van der Waals surface area contributed by atoms with E-state index in [2.05, 4.69) is 5.32 Å². The van der Waals surface area contributed by atoms with Crippen LogP contribution in [0.15, 0.2) is 24.3 Å². The molecule has 2 rings (SSSR count). The van der Waals surface area contributed by atoms with Crippen LogP contribution < -0.4 is 5.32 Å². The molecule has 0 radical (unpaired) electrons.